The SMILES string of the molecule is CCN(CC)C(N)=NCCc1cc(OC)ccc1OC.I. The van der Waals surface area contributed by atoms with Crippen LogP contribution in [0.2, 0.25) is 0 Å². The molecule has 0 radical (unpaired) electrons. The number of nitrogens with zero attached hydrogens (tertiary/aromatic N) is 2. The summed E-state index contributed by atoms with van der Waals surface area (Å²) in [6, 6.07) is 5.77. The molecule has 0 bridgehead atoms. The van der Waals surface area contributed by atoms with E-state index in [1.807, 2.05) is 23.1 Å². The van der Waals surface area contributed by atoms with Gasteiger partial charge in [-0.15, -0.1) is 24.0 Å². The molecule has 0 unspecified atom stereocenters. The number of nitrogens with two attached hydrogens (primary N) is 1. The van der Waals surface area contributed by atoms with E-state index in [0.717, 1.165) is 36.6 Å². The van der Waals surface area contributed by atoms with Gasteiger partial charge >= 0.3 is 0 Å². The Morgan fingerprint density at radius 2 is 1.86 bits per heavy atom. The maximum atomic E-state index is 5.95. The van der Waals surface area contributed by atoms with Gasteiger partial charge in [0.1, 0.15) is 11.5 Å². The van der Waals surface area contributed by atoms with Crippen molar-refractivity contribution in [2.24, 2.45) is 10.7 Å². The van der Waals surface area contributed by atoms with E-state index >= 15 is 0 Å². The van der Waals surface area contributed by atoms with Crippen LogP contribution in [-0.4, -0.2) is 44.7 Å². The fraction of sp³-hybridized carbons (Fsp3) is 0.533. The van der Waals surface area contributed by atoms with Gasteiger partial charge in [-0.3, -0.25) is 4.99 Å². The van der Waals surface area contributed by atoms with Gasteiger partial charge in [0.25, 0.3) is 0 Å². The molecule has 0 aliphatic carbocycles. The lowest BCUT2D eigenvalue weighted by Gasteiger charge is -2.19. The first-order valence-corrected chi connectivity index (χ1v) is 6.92. The molecule has 1 aromatic carbocycles. The van der Waals surface area contributed by atoms with Crippen molar-refractivity contribution in [2.45, 2.75) is 20.3 Å². The zero-order valence-electron chi connectivity index (χ0n) is 13.3. The van der Waals surface area contributed by atoms with E-state index in [2.05, 4.69) is 18.8 Å². The molecule has 120 valence electrons. The molecule has 0 fully saturated rings. The number of halogens is 1. The van der Waals surface area contributed by atoms with Crippen molar-refractivity contribution in [2.75, 3.05) is 33.9 Å². The van der Waals surface area contributed by atoms with Crippen molar-refractivity contribution in [3.63, 3.8) is 0 Å². The van der Waals surface area contributed by atoms with E-state index in [9.17, 15) is 0 Å². The quantitative estimate of drug-likeness (QED) is 0.429. The summed E-state index contributed by atoms with van der Waals surface area (Å²) in [4.78, 5) is 6.45. The molecule has 1 rings (SSSR count). The van der Waals surface area contributed by atoms with Crippen LogP contribution in [0.25, 0.3) is 0 Å². The normalized spacial score (nSPS) is 10.8. The van der Waals surface area contributed by atoms with Gasteiger partial charge in [0.2, 0.25) is 0 Å². The van der Waals surface area contributed by atoms with Crippen molar-refractivity contribution in [3.8, 4) is 11.5 Å². The van der Waals surface area contributed by atoms with E-state index in [1.54, 1.807) is 14.2 Å². The van der Waals surface area contributed by atoms with Crippen molar-refractivity contribution >= 4 is 29.9 Å². The maximum Gasteiger partial charge on any atom is 0.191 e. The fourth-order valence-electron chi connectivity index (χ4n) is 2.02. The number of guanidine groups is 1. The molecular formula is C15H26IN3O2. The van der Waals surface area contributed by atoms with Gasteiger partial charge in [0.05, 0.1) is 14.2 Å². The molecule has 21 heavy (non-hydrogen) atoms. The maximum absolute atomic E-state index is 5.95. The Morgan fingerprint density at radius 1 is 1.19 bits per heavy atom. The highest BCUT2D eigenvalue weighted by Gasteiger charge is 2.06. The Bertz CT molecular complexity index is 449. The molecule has 1 aromatic rings. The molecule has 0 amide bonds. The standard InChI is InChI=1S/C15H25N3O2.HI/c1-5-18(6-2)15(16)17-10-9-12-11-13(19-3)7-8-14(12)20-4;/h7-8,11H,5-6,9-10H2,1-4H3,(H2,16,17);1H. The third kappa shape index (κ3) is 5.99. The summed E-state index contributed by atoms with van der Waals surface area (Å²) in [6.07, 6.45) is 0.766. The monoisotopic (exact) mass is 407 g/mol. The molecule has 0 aromatic heterocycles. The lowest BCUT2D eigenvalue weighted by atomic mass is 10.1. The summed E-state index contributed by atoms with van der Waals surface area (Å²) in [5.74, 6) is 2.26. The molecular weight excluding hydrogens is 381 g/mol. The predicted octanol–water partition coefficient (Wildman–Crippen LogP) is 2.52. The highest BCUT2D eigenvalue weighted by atomic mass is 127. The first-order valence-electron chi connectivity index (χ1n) is 6.92. The zero-order chi connectivity index (χ0) is 15.0. The van der Waals surface area contributed by atoms with Crippen LogP contribution in [0.4, 0.5) is 0 Å². The van der Waals surface area contributed by atoms with Crippen molar-refractivity contribution < 1.29 is 9.47 Å². The Hall–Kier alpha value is -1.18. The molecule has 0 heterocycles. The van der Waals surface area contributed by atoms with E-state index in [1.165, 1.54) is 0 Å². The summed E-state index contributed by atoms with van der Waals surface area (Å²) >= 11 is 0. The van der Waals surface area contributed by atoms with Gasteiger partial charge < -0.3 is 20.1 Å². The van der Waals surface area contributed by atoms with Gasteiger partial charge in [0, 0.05) is 19.6 Å². The topological polar surface area (TPSA) is 60.1 Å². The van der Waals surface area contributed by atoms with Crippen molar-refractivity contribution in [1.29, 1.82) is 0 Å². The zero-order valence-corrected chi connectivity index (χ0v) is 15.6. The minimum Gasteiger partial charge on any atom is -0.497 e. The van der Waals surface area contributed by atoms with Crippen LogP contribution in [0, 0.1) is 0 Å². The number of aliphatic imine (C=N–C) groups is 1. The highest BCUT2D eigenvalue weighted by molar-refractivity contribution is 14.0. The minimum atomic E-state index is 0. The van der Waals surface area contributed by atoms with Gasteiger partial charge in [0.15, 0.2) is 5.96 Å². The van der Waals surface area contributed by atoms with Crippen LogP contribution < -0.4 is 15.2 Å². The van der Waals surface area contributed by atoms with E-state index < -0.39 is 0 Å². The second-order valence-corrected chi connectivity index (χ2v) is 4.34. The summed E-state index contributed by atoms with van der Waals surface area (Å²) < 4.78 is 10.6. The van der Waals surface area contributed by atoms with Crippen LogP contribution in [-0.2, 0) is 6.42 Å². The Balaban J connectivity index is 0.00000400. The van der Waals surface area contributed by atoms with Gasteiger partial charge in [-0.1, -0.05) is 0 Å². The summed E-state index contributed by atoms with van der Waals surface area (Å²) in [6.45, 7) is 6.50. The molecule has 0 atom stereocenters. The first kappa shape index (κ1) is 19.8. The number of hydrogen-bond donors (Lipinski definition) is 1. The number of hydrogen-bond acceptors (Lipinski definition) is 3. The lowest BCUT2D eigenvalue weighted by molar-refractivity contribution is 0.398. The molecule has 2 N–H and O–H groups in total. The highest BCUT2D eigenvalue weighted by Crippen LogP contribution is 2.24. The van der Waals surface area contributed by atoms with Crippen LogP contribution in [0.1, 0.15) is 19.4 Å². The summed E-state index contributed by atoms with van der Waals surface area (Å²) in [7, 11) is 3.32. The second-order valence-electron chi connectivity index (χ2n) is 4.34. The first-order chi connectivity index (χ1) is 9.65. The largest absolute Gasteiger partial charge is 0.497 e. The van der Waals surface area contributed by atoms with Gasteiger partial charge in [-0.2, -0.15) is 0 Å². The lowest BCUT2D eigenvalue weighted by Crippen LogP contribution is -2.37. The number of ether oxygens (including phenoxy) is 2. The van der Waals surface area contributed by atoms with E-state index in [0.29, 0.717) is 12.5 Å². The Kier molecular flexibility index (Phi) is 9.94. The molecule has 0 aliphatic heterocycles. The number of rotatable bonds is 7. The van der Waals surface area contributed by atoms with E-state index in [-0.39, 0.29) is 24.0 Å². The van der Waals surface area contributed by atoms with Crippen molar-refractivity contribution in [3.05, 3.63) is 23.8 Å². The van der Waals surface area contributed by atoms with Crippen LogP contribution >= 0.6 is 24.0 Å². The fourth-order valence-corrected chi connectivity index (χ4v) is 2.02. The smallest absolute Gasteiger partial charge is 0.191 e. The Morgan fingerprint density at radius 3 is 2.38 bits per heavy atom. The van der Waals surface area contributed by atoms with Gasteiger partial charge in [-0.05, 0) is 44.0 Å². The number of benzene rings is 1. The molecule has 6 heteroatoms. The summed E-state index contributed by atoms with van der Waals surface area (Å²) in [5, 5.41) is 0. The van der Waals surface area contributed by atoms with E-state index in [4.69, 9.17) is 15.2 Å². The third-order valence-electron chi connectivity index (χ3n) is 3.23. The summed E-state index contributed by atoms with van der Waals surface area (Å²) in [5.41, 5.74) is 7.02. The number of methoxy groups -OCH3 is 2. The molecule has 5 nitrogen and oxygen atoms in total. The minimum absolute atomic E-state index is 0. The molecule has 0 saturated carbocycles. The average Bonchev–Trinajstić information content (AvgIpc) is 2.48. The van der Waals surface area contributed by atoms with Crippen LogP contribution in [0.3, 0.4) is 0 Å². The molecule has 0 saturated heterocycles. The van der Waals surface area contributed by atoms with Gasteiger partial charge in [-0.25, -0.2) is 0 Å². The van der Waals surface area contributed by atoms with Crippen LogP contribution in [0.15, 0.2) is 23.2 Å². The molecule has 0 spiro atoms. The third-order valence-corrected chi connectivity index (χ3v) is 3.23. The molecule has 0 aliphatic rings. The van der Waals surface area contributed by atoms with Crippen LogP contribution in [0.5, 0.6) is 11.5 Å². The average molecular weight is 407 g/mol. The van der Waals surface area contributed by atoms with Crippen molar-refractivity contribution in [1.82, 2.24) is 4.90 Å². The Labute approximate surface area is 144 Å². The predicted molar refractivity (Wildman–Crippen MR) is 98.1 cm³/mol. The second kappa shape index (κ2) is 10.5.